The molecule has 2 saturated heterocycles. The Balaban J connectivity index is 1.56. The number of nitrogens with one attached hydrogen (secondary N) is 1. The van der Waals surface area contributed by atoms with E-state index >= 15 is 0 Å². The fourth-order valence-electron chi connectivity index (χ4n) is 4.69. The molecule has 0 bridgehead atoms. The van der Waals surface area contributed by atoms with Gasteiger partial charge in [0.25, 0.3) is 0 Å². The molecule has 4 nitrogen and oxygen atoms in total. The Morgan fingerprint density at radius 3 is 2.73 bits per heavy atom. The van der Waals surface area contributed by atoms with Crippen molar-refractivity contribution in [2.75, 3.05) is 31.1 Å². The van der Waals surface area contributed by atoms with Crippen LogP contribution in [0.5, 0.6) is 0 Å². The van der Waals surface area contributed by atoms with Crippen molar-refractivity contribution in [3.05, 3.63) is 54.2 Å². The summed E-state index contributed by atoms with van der Waals surface area (Å²) in [5, 5.41) is 9.74. The average Bonchev–Trinajstić information content (AvgIpc) is 3.41. The molecule has 3 heterocycles. The fraction of sp³-hybridized carbons (Fsp3) is 0.409. The standard InChI is InChI=1S/C22H26N4/c1-2-20-19-9-8-18(25-13-11-22(16-25)10-12-23-15-22)14-21(19)26(24-20)17-6-4-3-5-7-17/h3-9,14,23H,2,10-13,15-16H2,1H3. The SMILES string of the molecule is CCc1nn(-c2ccccc2)c2cc(N3CCC4(CCNC4)C3)ccc12. The maximum Gasteiger partial charge on any atom is 0.0764 e. The highest BCUT2D eigenvalue weighted by Crippen LogP contribution is 2.39. The number of aromatic nitrogens is 2. The Morgan fingerprint density at radius 2 is 1.96 bits per heavy atom. The predicted molar refractivity (Wildman–Crippen MR) is 107 cm³/mol. The molecular weight excluding hydrogens is 320 g/mol. The van der Waals surface area contributed by atoms with Crippen LogP contribution in [0.4, 0.5) is 5.69 Å². The lowest BCUT2D eigenvalue weighted by Gasteiger charge is -2.24. The Morgan fingerprint density at radius 1 is 1.08 bits per heavy atom. The smallest absolute Gasteiger partial charge is 0.0764 e. The minimum atomic E-state index is 0.489. The van der Waals surface area contributed by atoms with Gasteiger partial charge in [-0.05, 0) is 56.1 Å². The summed E-state index contributed by atoms with van der Waals surface area (Å²) in [5.74, 6) is 0. The molecule has 1 N–H and O–H groups in total. The summed E-state index contributed by atoms with van der Waals surface area (Å²) < 4.78 is 2.11. The molecule has 26 heavy (non-hydrogen) atoms. The van der Waals surface area contributed by atoms with Gasteiger partial charge in [-0.3, -0.25) is 0 Å². The van der Waals surface area contributed by atoms with Crippen LogP contribution in [0.1, 0.15) is 25.5 Å². The van der Waals surface area contributed by atoms with E-state index in [0.29, 0.717) is 5.41 Å². The molecule has 4 heteroatoms. The number of rotatable bonds is 3. The molecule has 1 unspecified atom stereocenters. The minimum Gasteiger partial charge on any atom is -0.371 e. The van der Waals surface area contributed by atoms with E-state index in [1.54, 1.807) is 0 Å². The number of benzene rings is 2. The molecule has 2 aromatic carbocycles. The third-order valence-electron chi connectivity index (χ3n) is 6.21. The Labute approximate surface area is 154 Å². The summed E-state index contributed by atoms with van der Waals surface area (Å²) in [4.78, 5) is 2.57. The summed E-state index contributed by atoms with van der Waals surface area (Å²) in [6.07, 6.45) is 3.57. The quantitative estimate of drug-likeness (QED) is 0.783. The van der Waals surface area contributed by atoms with Crippen LogP contribution < -0.4 is 10.2 Å². The molecule has 0 aliphatic carbocycles. The molecule has 134 valence electrons. The van der Waals surface area contributed by atoms with Crippen LogP contribution in [0, 0.1) is 5.41 Å². The number of hydrogen-bond donors (Lipinski definition) is 1. The van der Waals surface area contributed by atoms with Crippen LogP contribution in [0.25, 0.3) is 16.6 Å². The Kier molecular flexibility index (Phi) is 3.75. The van der Waals surface area contributed by atoms with E-state index in [-0.39, 0.29) is 0 Å². The van der Waals surface area contributed by atoms with Gasteiger partial charge in [0.15, 0.2) is 0 Å². The van der Waals surface area contributed by atoms with Gasteiger partial charge in [-0.2, -0.15) is 5.10 Å². The van der Waals surface area contributed by atoms with Crippen molar-refractivity contribution in [3.63, 3.8) is 0 Å². The van der Waals surface area contributed by atoms with Crippen molar-refractivity contribution in [1.29, 1.82) is 0 Å². The van der Waals surface area contributed by atoms with Gasteiger partial charge in [-0.25, -0.2) is 4.68 Å². The van der Waals surface area contributed by atoms with Crippen LogP contribution >= 0.6 is 0 Å². The first kappa shape index (κ1) is 15.9. The van der Waals surface area contributed by atoms with Crippen molar-refractivity contribution >= 4 is 16.6 Å². The molecule has 2 aliphatic heterocycles. The number of fused-ring (bicyclic) bond motifs is 1. The maximum absolute atomic E-state index is 4.90. The zero-order valence-electron chi connectivity index (χ0n) is 15.4. The second-order valence-corrected chi connectivity index (χ2v) is 7.85. The van der Waals surface area contributed by atoms with E-state index in [2.05, 4.69) is 70.4 Å². The summed E-state index contributed by atoms with van der Waals surface area (Å²) >= 11 is 0. The highest BCUT2D eigenvalue weighted by molar-refractivity contribution is 5.87. The molecule has 0 amide bonds. The van der Waals surface area contributed by atoms with Gasteiger partial charge in [0.1, 0.15) is 0 Å². The maximum atomic E-state index is 4.90. The van der Waals surface area contributed by atoms with Crippen molar-refractivity contribution in [2.24, 2.45) is 5.41 Å². The normalized spacial score (nSPS) is 22.7. The first-order valence-corrected chi connectivity index (χ1v) is 9.81. The van der Waals surface area contributed by atoms with Crippen LogP contribution in [0.3, 0.4) is 0 Å². The Bertz CT molecular complexity index is 922. The highest BCUT2D eigenvalue weighted by Gasteiger charge is 2.40. The van der Waals surface area contributed by atoms with Crippen LogP contribution in [0.15, 0.2) is 48.5 Å². The van der Waals surface area contributed by atoms with Crippen LogP contribution in [-0.2, 0) is 6.42 Å². The highest BCUT2D eigenvalue weighted by atomic mass is 15.3. The predicted octanol–water partition coefficient (Wildman–Crippen LogP) is 3.78. The average molecular weight is 346 g/mol. The first-order chi connectivity index (χ1) is 12.8. The van der Waals surface area contributed by atoms with Crippen molar-refractivity contribution in [2.45, 2.75) is 26.2 Å². The van der Waals surface area contributed by atoms with E-state index in [1.807, 2.05) is 0 Å². The molecule has 2 fully saturated rings. The molecule has 1 spiro atoms. The van der Waals surface area contributed by atoms with Gasteiger partial charge in [-0.15, -0.1) is 0 Å². The number of para-hydroxylation sites is 1. The van der Waals surface area contributed by atoms with E-state index < -0.39 is 0 Å². The number of hydrogen-bond acceptors (Lipinski definition) is 3. The van der Waals surface area contributed by atoms with Gasteiger partial charge in [0, 0.05) is 36.1 Å². The first-order valence-electron chi connectivity index (χ1n) is 9.81. The fourth-order valence-corrected chi connectivity index (χ4v) is 4.69. The topological polar surface area (TPSA) is 33.1 Å². The summed E-state index contributed by atoms with van der Waals surface area (Å²) in [6.45, 7) is 6.86. The zero-order chi connectivity index (χ0) is 17.6. The van der Waals surface area contributed by atoms with E-state index in [0.717, 1.165) is 18.7 Å². The summed E-state index contributed by atoms with van der Waals surface area (Å²) in [5.41, 5.74) is 5.35. The van der Waals surface area contributed by atoms with Crippen molar-refractivity contribution in [3.8, 4) is 5.69 Å². The van der Waals surface area contributed by atoms with Crippen LogP contribution in [0.2, 0.25) is 0 Å². The molecule has 5 rings (SSSR count). The molecule has 0 saturated carbocycles. The van der Waals surface area contributed by atoms with Gasteiger partial charge < -0.3 is 10.2 Å². The van der Waals surface area contributed by atoms with E-state index in [4.69, 9.17) is 5.10 Å². The van der Waals surface area contributed by atoms with E-state index in [9.17, 15) is 0 Å². The van der Waals surface area contributed by atoms with Crippen molar-refractivity contribution in [1.82, 2.24) is 15.1 Å². The summed E-state index contributed by atoms with van der Waals surface area (Å²) in [7, 11) is 0. The lowest BCUT2D eigenvalue weighted by molar-refractivity contribution is 0.369. The zero-order valence-corrected chi connectivity index (χ0v) is 15.4. The third kappa shape index (κ3) is 2.52. The minimum absolute atomic E-state index is 0.489. The van der Waals surface area contributed by atoms with E-state index in [1.165, 1.54) is 54.8 Å². The second kappa shape index (κ2) is 6.13. The number of nitrogens with zero attached hydrogens (tertiary/aromatic N) is 3. The van der Waals surface area contributed by atoms with Gasteiger partial charge in [0.05, 0.1) is 16.9 Å². The molecule has 3 aromatic rings. The third-order valence-corrected chi connectivity index (χ3v) is 6.21. The number of anilines is 1. The molecular formula is C22H26N4. The molecule has 1 aromatic heterocycles. The van der Waals surface area contributed by atoms with Gasteiger partial charge in [0.2, 0.25) is 0 Å². The Hall–Kier alpha value is -2.33. The van der Waals surface area contributed by atoms with Crippen LogP contribution in [-0.4, -0.2) is 36.0 Å². The monoisotopic (exact) mass is 346 g/mol. The molecule has 1 atom stereocenters. The molecule has 0 radical (unpaired) electrons. The lowest BCUT2D eigenvalue weighted by atomic mass is 9.86. The summed E-state index contributed by atoms with van der Waals surface area (Å²) in [6, 6.07) is 17.4. The van der Waals surface area contributed by atoms with Crippen molar-refractivity contribution < 1.29 is 0 Å². The lowest BCUT2D eigenvalue weighted by Crippen LogP contribution is -2.29. The van der Waals surface area contributed by atoms with Gasteiger partial charge >= 0.3 is 0 Å². The second-order valence-electron chi connectivity index (χ2n) is 7.85. The number of aryl methyl sites for hydroxylation is 1. The molecule has 2 aliphatic rings. The largest absolute Gasteiger partial charge is 0.371 e. The van der Waals surface area contributed by atoms with Gasteiger partial charge in [-0.1, -0.05) is 25.1 Å².